The number of hydrogen-bond donors (Lipinski definition) is 2. The molecule has 0 amide bonds. The first-order valence-corrected chi connectivity index (χ1v) is 6.66. The smallest absolute Gasteiger partial charge is 0.311 e. The summed E-state index contributed by atoms with van der Waals surface area (Å²) >= 11 is 1.31. The first-order valence-electron chi connectivity index (χ1n) is 5.89. The summed E-state index contributed by atoms with van der Waals surface area (Å²) in [6.45, 7) is 3.81. The Morgan fingerprint density at radius 3 is 3.06 bits per heavy atom. The molecule has 6 heteroatoms. The zero-order valence-electron chi connectivity index (χ0n) is 10.1. The van der Waals surface area contributed by atoms with Gasteiger partial charge in [0.15, 0.2) is 0 Å². The molecule has 0 saturated heterocycles. The number of aryl methyl sites for hydroxylation is 1. The van der Waals surface area contributed by atoms with Crippen LogP contribution < -0.4 is 5.32 Å². The standard InChI is InChI=1S/C11H17N3O2S/c1-3-8-13-10(17-14-8)12-7-5-4-6-11(7,2)9(15)16/h7H,3-6H2,1-2H3,(H,15,16)(H,12,13,14). The van der Waals surface area contributed by atoms with Crippen molar-refractivity contribution in [2.24, 2.45) is 5.41 Å². The highest BCUT2D eigenvalue weighted by atomic mass is 32.1. The second-order valence-electron chi connectivity index (χ2n) is 4.68. The molecule has 94 valence electrons. The third kappa shape index (κ3) is 2.26. The van der Waals surface area contributed by atoms with Crippen LogP contribution in [0.1, 0.15) is 38.9 Å². The Morgan fingerprint density at radius 1 is 1.71 bits per heavy atom. The average molecular weight is 255 g/mol. The van der Waals surface area contributed by atoms with Crippen LogP contribution in [0.5, 0.6) is 0 Å². The molecule has 1 saturated carbocycles. The van der Waals surface area contributed by atoms with E-state index in [4.69, 9.17) is 0 Å². The van der Waals surface area contributed by atoms with Gasteiger partial charge in [-0.2, -0.15) is 4.37 Å². The number of carboxylic acid groups (broad SMARTS) is 1. The Labute approximate surface area is 104 Å². The van der Waals surface area contributed by atoms with E-state index in [-0.39, 0.29) is 6.04 Å². The quantitative estimate of drug-likeness (QED) is 0.862. The average Bonchev–Trinajstić information content (AvgIpc) is 2.88. The number of nitrogens with one attached hydrogen (secondary N) is 1. The van der Waals surface area contributed by atoms with Crippen molar-refractivity contribution in [1.82, 2.24) is 9.36 Å². The van der Waals surface area contributed by atoms with Crippen LogP contribution in [-0.4, -0.2) is 26.5 Å². The fourth-order valence-electron chi connectivity index (χ4n) is 2.26. The molecule has 1 heterocycles. The molecule has 1 aliphatic rings. The molecule has 0 aliphatic heterocycles. The fraction of sp³-hybridized carbons (Fsp3) is 0.727. The minimum absolute atomic E-state index is 0.0438. The Bertz CT molecular complexity index is 421. The van der Waals surface area contributed by atoms with Crippen molar-refractivity contribution >= 4 is 22.6 Å². The minimum Gasteiger partial charge on any atom is -0.481 e. The summed E-state index contributed by atoms with van der Waals surface area (Å²) in [5.41, 5.74) is -0.682. The van der Waals surface area contributed by atoms with Gasteiger partial charge in [0.05, 0.1) is 5.41 Å². The zero-order chi connectivity index (χ0) is 12.5. The number of hydrogen-bond acceptors (Lipinski definition) is 5. The third-order valence-electron chi connectivity index (χ3n) is 3.53. The second kappa shape index (κ2) is 4.60. The summed E-state index contributed by atoms with van der Waals surface area (Å²) in [6, 6.07) is -0.0438. The molecule has 1 aromatic heterocycles. The van der Waals surface area contributed by atoms with Gasteiger partial charge in [-0.05, 0) is 19.8 Å². The zero-order valence-corrected chi connectivity index (χ0v) is 10.9. The van der Waals surface area contributed by atoms with E-state index in [1.807, 2.05) is 13.8 Å². The van der Waals surface area contributed by atoms with E-state index in [2.05, 4.69) is 14.7 Å². The topological polar surface area (TPSA) is 75.1 Å². The highest BCUT2D eigenvalue weighted by Crippen LogP contribution is 2.40. The molecule has 2 atom stereocenters. The van der Waals surface area contributed by atoms with Gasteiger partial charge < -0.3 is 10.4 Å². The first-order chi connectivity index (χ1) is 8.06. The van der Waals surface area contributed by atoms with Gasteiger partial charge in [-0.1, -0.05) is 13.3 Å². The van der Waals surface area contributed by atoms with E-state index >= 15 is 0 Å². The lowest BCUT2D eigenvalue weighted by Crippen LogP contribution is -2.40. The molecular weight excluding hydrogens is 238 g/mol. The molecule has 17 heavy (non-hydrogen) atoms. The van der Waals surface area contributed by atoms with Crippen LogP contribution in [0.4, 0.5) is 5.13 Å². The van der Waals surface area contributed by atoms with Gasteiger partial charge in [-0.25, -0.2) is 4.98 Å². The van der Waals surface area contributed by atoms with Crippen molar-refractivity contribution in [1.29, 1.82) is 0 Å². The van der Waals surface area contributed by atoms with E-state index in [0.717, 1.165) is 36.6 Å². The maximum absolute atomic E-state index is 11.3. The summed E-state index contributed by atoms with van der Waals surface area (Å²) in [5, 5.41) is 13.3. The van der Waals surface area contributed by atoms with E-state index in [1.54, 1.807) is 0 Å². The number of aliphatic carboxylic acids is 1. The predicted molar refractivity (Wildman–Crippen MR) is 66.3 cm³/mol. The van der Waals surface area contributed by atoms with E-state index in [1.165, 1.54) is 11.5 Å². The Hall–Kier alpha value is -1.17. The molecule has 2 rings (SSSR count). The number of carboxylic acids is 1. The van der Waals surface area contributed by atoms with E-state index < -0.39 is 11.4 Å². The maximum Gasteiger partial charge on any atom is 0.311 e. The lowest BCUT2D eigenvalue weighted by Gasteiger charge is -2.27. The van der Waals surface area contributed by atoms with Crippen molar-refractivity contribution in [2.45, 2.75) is 45.6 Å². The molecule has 1 aliphatic carbocycles. The first kappa shape index (κ1) is 12.3. The van der Waals surface area contributed by atoms with Crippen molar-refractivity contribution < 1.29 is 9.90 Å². The minimum atomic E-state index is -0.729. The van der Waals surface area contributed by atoms with Gasteiger partial charge in [0.2, 0.25) is 5.13 Å². The van der Waals surface area contributed by atoms with Gasteiger partial charge >= 0.3 is 5.97 Å². The molecule has 1 aromatic rings. The molecule has 0 radical (unpaired) electrons. The predicted octanol–water partition coefficient (Wildman–Crippen LogP) is 2.16. The normalized spacial score (nSPS) is 28.2. The fourth-order valence-corrected chi connectivity index (χ4v) is 2.96. The summed E-state index contributed by atoms with van der Waals surface area (Å²) in [7, 11) is 0. The van der Waals surface area contributed by atoms with Gasteiger partial charge in [-0.15, -0.1) is 0 Å². The number of nitrogens with zero attached hydrogens (tertiary/aromatic N) is 2. The molecular formula is C11H17N3O2S. The highest BCUT2D eigenvalue weighted by molar-refractivity contribution is 7.09. The maximum atomic E-state index is 11.3. The monoisotopic (exact) mass is 255 g/mol. The number of anilines is 1. The van der Waals surface area contributed by atoms with Gasteiger partial charge in [0, 0.05) is 24.0 Å². The van der Waals surface area contributed by atoms with Gasteiger partial charge in [0.25, 0.3) is 0 Å². The van der Waals surface area contributed by atoms with Crippen molar-refractivity contribution in [3.63, 3.8) is 0 Å². The van der Waals surface area contributed by atoms with Crippen LogP contribution >= 0.6 is 11.5 Å². The van der Waals surface area contributed by atoms with Gasteiger partial charge in [0.1, 0.15) is 5.82 Å². The SMILES string of the molecule is CCc1nsc(NC2CCCC2(C)C(=O)O)n1. The van der Waals surface area contributed by atoms with Crippen molar-refractivity contribution in [3.05, 3.63) is 5.82 Å². The van der Waals surface area contributed by atoms with Crippen LogP contribution in [0, 0.1) is 5.41 Å². The molecule has 0 aromatic carbocycles. The van der Waals surface area contributed by atoms with Crippen LogP contribution in [0.25, 0.3) is 0 Å². The summed E-state index contributed by atoms with van der Waals surface area (Å²) < 4.78 is 4.19. The summed E-state index contributed by atoms with van der Waals surface area (Å²) in [6.07, 6.45) is 3.35. The molecule has 5 nitrogen and oxygen atoms in total. The van der Waals surface area contributed by atoms with E-state index in [0.29, 0.717) is 0 Å². The second-order valence-corrected chi connectivity index (χ2v) is 5.43. The lowest BCUT2D eigenvalue weighted by atomic mass is 9.85. The number of aromatic nitrogens is 2. The Kier molecular flexibility index (Phi) is 3.33. The Balaban J connectivity index is 2.10. The van der Waals surface area contributed by atoms with E-state index in [9.17, 15) is 9.90 Å². The molecule has 0 bridgehead atoms. The Morgan fingerprint density at radius 2 is 2.47 bits per heavy atom. The molecule has 0 spiro atoms. The molecule has 2 unspecified atom stereocenters. The van der Waals surface area contributed by atoms with Crippen LogP contribution in [0.15, 0.2) is 0 Å². The summed E-state index contributed by atoms with van der Waals surface area (Å²) in [4.78, 5) is 15.6. The van der Waals surface area contributed by atoms with Crippen molar-refractivity contribution in [2.75, 3.05) is 5.32 Å². The van der Waals surface area contributed by atoms with Crippen molar-refractivity contribution in [3.8, 4) is 0 Å². The lowest BCUT2D eigenvalue weighted by molar-refractivity contribution is -0.147. The summed E-state index contributed by atoms with van der Waals surface area (Å²) in [5.74, 6) is 0.0836. The van der Waals surface area contributed by atoms with Crippen LogP contribution in [0.2, 0.25) is 0 Å². The third-order valence-corrected chi connectivity index (χ3v) is 4.21. The number of rotatable bonds is 4. The van der Waals surface area contributed by atoms with Crippen LogP contribution in [0.3, 0.4) is 0 Å². The number of carbonyl (C=O) groups is 1. The van der Waals surface area contributed by atoms with Crippen LogP contribution in [-0.2, 0) is 11.2 Å². The molecule has 2 N–H and O–H groups in total. The van der Waals surface area contributed by atoms with Gasteiger partial charge in [-0.3, -0.25) is 4.79 Å². The largest absolute Gasteiger partial charge is 0.481 e. The molecule has 1 fully saturated rings. The highest BCUT2D eigenvalue weighted by Gasteiger charge is 2.45.